The predicted molar refractivity (Wildman–Crippen MR) is 73.3 cm³/mol. The number of hydrogen-bond donors (Lipinski definition) is 1. The van der Waals surface area contributed by atoms with E-state index in [-0.39, 0.29) is 0 Å². The minimum Gasteiger partial charge on any atom is -0.381 e. The molecule has 0 aliphatic carbocycles. The van der Waals surface area contributed by atoms with Crippen molar-refractivity contribution in [3.63, 3.8) is 0 Å². The summed E-state index contributed by atoms with van der Waals surface area (Å²) in [6, 6.07) is 0.606. The standard InChI is InChI=1S/C14H30N2O/c1-5-12(2)14(15-3)10-16(4)9-13-7-6-8-17-11-13/h12-15H,5-11H2,1-4H3. The largest absolute Gasteiger partial charge is 0.381 e. The third kappa shape index (κ3) is 5.36. The maximum absolute atomic E-state index is 5.54. The molecule has 0 radical (unpaired) electrons. The lowest BCUT2D eigenvalue weighted by Crippen LogP contribution is -2.44. The number of rotatable bonds is 7. The fourth-order valence-electron chi connectivity index (χ4n) is 2.64. The Balaban J connectivity index is 2.28. The van der Waals surface area contributed by atoms with E-state index < -0.39 is 0 Å². The van der Waals surface area contributed by atoms with E-state index in [1.807, 2.05) is 0 Å². The topological polar surface area (TPSA) is 24.5 Å². The average molecular weight is 242 g/mol. The fourth-order valence-corrected chi connectivity index (χ4v) is 2.64. The van der Waals surface area contributed by atoms with Gasteiger partial charge in [-0.25, -0.2) is 0 Å². The molecule has 0 aromatic heterocycles. The van der Waals surface area contributed by atoms with Crippen LogP contribution >= 0.6 is 0 Å². The van der Waals surface area contributed by atoms with Gasteiger partial charge in [0.05, 0.1) is 6.61 Å². The zero-order valence-corrected chi connectivity index (χ0v) is 12.0. The maximum atomic E-state index is 5.54. The van der Waals surface area contributed by atoms with Gasteiger partial charge in [-0.1, -0.05) is 20.3 Å². The number of ether oxygens (including phenoxy) is 1. The van der Waals surface area contributed by atoms with Crippen LogP contribution in [0.1, 0.15) is 33.1 Å². The van der Waals surface area contributed by atoms with Crippen molar-refractivity contribution in [2.24, 2.45) is 11.8 Å². The van der Waals surface area contributed by atoms with E-state index >= 15 is 0 Å². The SMILES string of the molecule is CCC(C)C(CN(C)CC1CCCOC1)NC. The van der Waals surface area contributed by atoms with Gasteiger partial charge in [0.1, 0.15) is 0 Å². The molecule has 3 nitrogen and oxygen atoms in total. The second-order valence-electron chi connectivity index (χ2n) is 5.59. The van der Waals surface area contributed by atoms with Crippen LogP contribution in [-0.2, 0) is 4.74 Å². The van der Waals surface area contributed by atoms with Gasteiger partial charge in [0, 0.05) is 25.7 Å². The van der Waals surface area contributed by atoms with Crippen molar-refractivity contribution in [3.8, 4) is 0 Å². The first-order chi connectivity index (χ1) is 8.17. The number of likely N-dealkylation sites (N-methyl/N-ethyl adjacent to an activating group) is 2. The summed E-state index contributed by atoms with van der Waals surface area (Å²) in [5, 5.41) is 3.45. The van der Waals surface area contributed by atoms with Crippen LogP contribution in [0.3, 0.4) is 0 Å². The molecule has 1 rings (SSSR count). The molecule has 1 heterocycles. The second kappa shape index (κ2) is 8.06. The Hall–Kier alpha value is -0.120. The fraction of sp³-hybridized carbons (Fsp3) is 1.00. The highest BCUT2D eigenvalue weighted by Crippen LogP contribution is 2.15. The van der Waals surface area contributed by atoms with Crippen LogP contribution in [0.15, 0.2) is 0 Å². The molecule has 1 N–H and O–H groups in total. The Bertz CT molecular complexity index is 193. The van der Waals surface area contributed by atoms with Gasteiger partial charge in [0.15, 0.2) is 0 Å². The van der Waals surface area contributed by atoms with Crippen LogP contribution < -0.4 is 5.32 Å². The second-order valence-corrected chi connectivity index (χ2v) is 5.59. The van der Waals surface area contributed by atoms with Gasteiger partial charge < -0.3 is 15.0 Å². The monoisotopic (exact) mass is 242 g/mol. The van der Waals surface area contributed by atoms with Crippen molar-refractivity contribution in [1.82, 2.24) is 10.2 Å². The summed E-state index contributed by atoms with van der Waals surface area (Å²) in [7, 11) is 4.32. The first-order valence-corrected chi connectivity index (χ1v) is 7.10. The smallest absolute Gasteiger partial charge is 0.0506 e. The number of nitrogens with zero attached hydrogens (tertiary/aromatic N) is 1. The molecule has 1 aliphatic rings. The molecular weight excluding hydrogens is 212 g/mol. The summed E-state index contributed by atoms with van der Waals surface area (Å²) in [6.07, 6.45) is 3.81. The zero-order chi connectivity index (χ0) is 12.7. The Morgan fingerprint density at radius 2 is 2.24 bits per heavy atom. The first-order valence-electron chi connectivity index (χ1n) is 7.10. The number of hydrogen-bond acceptors (Lipinski definition) is 3. The molecule has 0 saturated carbocycles. The van der Waals surface area contributed by atoms with Crippen LogP contribution in [0, 0.1) is 11.8 Å². The minimum absolute atomic E-state index is 0.606. The minimum atomic E-state index is 0.606. The summed E-state index contributed by atoms with van der Waals surface area (Å²) in [5.41, 5.74) is 0. The van der Waals surface area contributed by atoms with Crippen LogP contribution in [0.25, 0.3) is 0 Å². The molecule has 1 aliphatic heterocycles. The van der Waals surface area contributed by atoms with Crippen LogP contribution in [0.2, 0.25) is 0 Å². The molecule has 3 atom stereocenters. The van der Waals surface area contributed by atoms with E-state index in [1.54, 1.807) is 0 Å². The van der Waals surface area contributed by atoms with Crippen molar-refractivity contribution in [3.05, 3.63) is 0 Å². The van der Waals surface area contributed by atoms with E-state index in [0.29, 0.717) is 6.04 Å². The molecule has 0 bridgehead atoms. The highest BCUT2D eigenvalue weighted by atomic mass is 16.5. The van der Waals surface area contributed by atoms with Gasteiger partial charge in [-0.2, -0.15) is 0 Å². The Kier molecular flexibility index (Phi) is 7.09. The molecule has 0 aromatic rings. The third-order valence-electron chi connectivity index (χ3n) is 4.03. The van der Waals surface area contributed by atoms with Gasteiger partial charge in [-0.15, -0.1) is 0 Å². The molecule has 0 spiro atoms. The quantitative estimate of drug-likeness (QED) is 0.739. The normalized spacial score (nSPS) is 24.9. The molecule has 1 saturated heterocycles. The van der Waals surface area contributed by atoms with Crippen LogP contribution in [-0.4, -0.2) is 51.3 Å². The lowest BCUT2D eigenvalue weighted by molar-refractivity contribution is 0.0402. The van der Waals surface area contributed by atoms with E-state index in [2.05, 4.69) is 38.2 Å². The third-order valence-corrected chi connectivity index (χ3v) is 4.03. The van der Waals surface area contributed by atoms with Crippen molar-refractivity contribution < 1.29 is 4.74 Å². The molecule has 0 aromatic carbocycles. The maximum Gasteiger partial charge on any atom is 0.0506 e. The van der Waals surface area contributed by atoms with Gasteiger partial charge in [0.25, 0.3) is 0 Å². The molecule has 17 heavy (non-hydrogen) atoms. The van der Waals surface area contributed by atoms with Gasteiger partial charge in [-0.05, 0) is 38.8 Å². The highest BCUT2D eigenvalue weighted by molar-refractivity contribution is 4.76. The molecule has 3 heteroatoms. The molecule has 102 valence electrons. The van der Waals surface area contributed by atoms with Crippen molar-refractivity contribution >= 4 is 0 Å². The van der Waals surface area contributed by atoms with Crippen molar-refractivity contribution in [2.45, 2.75) is 39.2 Å². The highest BCUT2D eigenvalue weighted by Gasteiger charge is 2.19. The zero-order valence-electron chi connectivity index (χ0n) is 12.0. The lowest BCUT2D eigenvalue weighted by atomic mass is 9.97. The Labute approximate surface area is 107 Å². The molecule has 3 unspecified atom stereocenters. The lowest BCUT2D eigenvalue weighted by Gasteiger charge is -2.31. The summed E-state index contributed by atoms with van der Waals surface area (Å²) in [6.45, 7) is 8.84. The predicted octanol–water partition coefficient (Wildman–Crippen LogP) is 1.98. The van der Waals surface area contributed by atoms with Crippen molar-refractivity contribution in [1.29, 1.82) is 0 Å². The molecule has 0 amide bonds. The van der Waals surface area contributed by atoms with Gasteiger partial charge >= 0.3 is 0 Å². The van der Waals surface area contributed by atoms with Gasteiger partial charge in [0.2, 0.25) is 0 Å². The summed E-state index contributed by atoms with van der Waals surface area (Å²) in [5.74, 6) is 1.48. The van der Waals surface area contributed by atoms with E-state index in [4.69, 9.17) is 4.74 Å². The molecular formula is C14H30N2O. The number of nitrogens with one attached hydrogen (secondary N) is 1. The van der Waals surface area contributed by atoms with Crippen molar-refractivity contribution in [2.75, 3.05) is 40.4 Å². The summed E-state index contributed by atoms with van der Waals surface area (Å²) < 4.78 is 5.54. The Morgan fingerprint density at radius 3 is 2.76 bits per heavy atom. The molecule has 1 fully saturated rings. The van der Waals surface area contributed by atoms with Gasteiger partial charge in [-0.3, -0.25) is 0 Å². The van der Waals surface area contributed by atoms with E-state index in [1.165, 1.54) is 25.8 Å². The summed E-state index contributed by atoms with van der Waals surface area (Å²) >= 11 is 0. The van der Waals surface area contributed by atoms with Crippen LogP contribution in [0.4, 0.5) is 0 Å². The first kappa shape index (κ1) is 14.9. The van der Waals surface area contributed by atoms with E-state index in [0.717, 1.165) is 31.6 Å². The summed E-state index contributed by atoms with van der Waals surface area (Å²) in [4.78, 5) is 2.46. The Morgan fingerprint density at radius 1 is 1.47 bits per heavy atom. The van der Waals surface area contributed by atoms with Crippen LogP contribution in [0.5, 0.6) is 0 Å². The van der Waals surface area contributed by atoms with E-state index in [9.17, 15) is 0 Å². The average Bonchev–Trinajstić information content (AvgIpc) is 2.36.